The van der Waals surface area contributed by atoms with E-state index in [-0.39, 0.29) is 11.9 Å². The molecule has 6 heteroatoms. The van der Waals surface area contributed by atoms with Crippen molar-refractivity contribution in [3.05, 3.63) is 47.0 Å². The number of aliphatic carboxylic acids is 1. The van der Waals surface area contributed by atoms with Crippen molar-refractivity contribution in [2.24, 2.45) is 0 Å². The van der Waals surface area contributed by atoms with Crippen molar-refractivity contribution in [2.75, 3.05) is 0 Å². The number of rotatable bonds is 4. The molecule has 0 spiro atoms. The third kappa shape index (κ3) is 3.23. The van der Waals surface area contributed by atoms with Gasteiger partial charge in [-0.1, -0.05) is 41.9 Å². The third-order valence-corrected chi connectivity index (χ3v) is 4.65. The van der Waals surface area contributed by atoms with Crippen molar-refractivity contribution < 1.29 is 19.4 Å². The Morgan fingerprint density at radius 2 is 1.83 bits per heavy atom. The first-order valence-electron chi connectivity index (χ1n) is 7.83. The number of carbonyl (C=O) groups is 2. The van der Waals surface area contributed by atoms with Gasteiger partial charge in [0.05, 0.1) is 6.04 Å². The molecule has 0 aliphatic carbocycles. The van der Waals surface area contributed by atoms with Gasteiger partial charge in [0.1, 0.15) is 6.10 Å². The zero-order chi connectivity index (χ0) is 17.3. The van der Waals surface area contributed by atoms with E-state index < -0.39 is 18.2 Å². The molecule has 2 aromatic rings. The van der Waals surface area contributed by atoms with Crippen molar-refractivity contribution in [1.29, 1.82) is 0 Å². The summed E-state index contributed by atoms with van der Waals surface area (Å²) in [6.45, 7) is 1.89. The second-order valence-electron chi connectivity index (χ2n) is 5.94. The van der Waals surface area contributed by atoms with Gasteiger partial charge in [-0.15, -0.1) is 0 Å². The van der Waals surface area contributed by atoms with Crippen molar-refractivity contribution in [2.45, 2.75) is 38.0 Å². The van der Waals surface area contributed by atoms with Crippen LogP contribution in [0, 0.1) is 0 Å². The van der Waals surface area contributed by atoms with Crippen LogP contribution in [0.3, 0.4) is 0 Å². The fourth-order valence-corrected chi connectivity index (χ4v) is 3.29. The van der Waals surface area contributed by atoms with Crippen LogP contribution in [0.1, 0.15) is 31.4 Å². The summed E-state index contributed by atoms with van der Waals surface area (Å²) in [6.07, 6.45) is -0.845. The lowest BCUT2D eigenvalue weighted by atomic mass is 9.99. The molecule has 3 rings (SSSR count). The summed E-state index contributed by atoms with van der Waals surface area (Å²) in [4.78, 5) is 23.3. The van der Waals surface area contributed by atoms with Gasteiger partial charge in [0, 0.05) is 10.4 Å². The van der Waals surface area contributed by atoms with Gasteiger partial charge < -0.3 is 15.2 Å². The fraction of sp³-hybridized carbons (Fsp3) is 0.333. The van der Waals surface area contributed by atoms with E-state index in [9.17, 15) is 9.59 Å². The number of carboxylic acid groups (broad SMARTS) is 1. The molecule has 126 valence electrons. The average Bonchev–Trinajstić information content (AvgIpc) is 3.06. The molecule has 1 saturated heterocycles. The van der Waals surface area contributed by atoms with Gasteiger partial charge in [0.2, 0.25) is 5.91 Å². The van der Waals surface area contributed by atoms with E-state index in [1.54, 1.807) is 0 Å². The van der Waals surface area contributed by atoms with Crippen molar-refractivity contribution in [1.82, 2.24) is 5.32 Å². The number of carboxylic acids is 1. The molecular weight excluding hydrogens is 330 g/mol. The number of nitrogens with one attached hydrogen (secondary N) is 1. The van der Waals surface area contributed by atoms with Crippen LogP contribution in [-0.2, 0) is 14.3 Å². The van der Waals surface area contributed by atoms with Crippen LogP contribution in [-0.4, -0.2) is 29.2 Å². The zero-order valence-corrected chi connectivity index (χ0v) is 13.9. The Morgan fingerprint density at radius 3 is 2.50 bits per heavy atom. The summed E-state index contributed by atoms with van der Waals surface area (Å²) in [5.74, 6) is -1.31. The molecule has 3 atom stereocenters. The first-order valence-corrected chi connectivity index (χ1v) is 8.21. The monoisotopic (exact) mass is 347 g/mol. The summed E-state index contributed by atoms with van der Waals surface area (Å²) in [5, 5.41) is 14.4. The fourth-order valence-electron chi connectivity index (χ4n) is 3.06. The molecule has 1 fully saturated rings. The average molecular weight is 348 g/mol. The van der Waals surface area contributed by atoms with Crippen LogP contribution < -0.4 is 5.32 Å². The number of benzene rings is 2. The minimum atomic E-state index is -1.03. The minimum absolute atomic E-state index is 0.243. The molecule has 2 aromatic carbocycles. The molecule has 0 radical (unpaired) electrons. The molecule has 1 unspecified atom stereocenters. The van der Waals surface area contributed by atoms with E-state index >= 15 is 0 Å². The number of ether oxygens (including phenoxy) is 1. The van der Waals surface area contributed by atoms with Gasteiger partial charge >= 0.3 is 5.97 Å². The van der Waals surface area contributed by atoms with Crippen molar-refractivity contribution in [3.63, 3.8) is 0 Å². The van der Waals surface area contributed by atoms with Crippen molar-refractivity contribution in [3.8, 4) is 0 Å². The van der Waals surface area contributed by atoms with Gasteiger partial charge in [-0.05, 0) is 36.8 Å². The summed E-state index contributed by atoms with van der Waals surface area (Å²) >= 11 is 6.23. The van der Waals surface area contributed by atoms with E-state index in [1.807, 2.05) is 43.3 Å². The van der Waals surface area contributed by atoms with E-state index in [2.05, 4.69) is 5.32 Å². The topological polar surface area (TPSA) is 75.6 Å². The van der Waals surface area contributed by atoms with Gasteiger partial charge in [-0.3, -0.25) is 4.79 Å². The number of hydrogen-bond donors (Lipinski definition) is 2. The molecule has 0 aromatic heterocycles. The van der Waals surface area contributed by atoms with Crippen LogP contribution in [0.5, 0.6) is 0 Å². The van der Waals surface area contributed by atoms with Crippen LogP contribution >= 0.6 is 11.6 Å². The number of halogens is 1. The standard InChI is InChI=1S/C18H18ClNO4/c1-10(20-17(21)15-8-9-16(24-15)18(22)23)11-6-7-14(19)13-5-3-2-4-12(11)13/h2-7,10,15-16H,8-9H2,1H3,(H,20,21)(H,22,23)/t10?,15-,16+/m0/s1. The van der Waals surface area contributed by atoms with E-state index in [1.165, 1.54) is 0 Å². The maximum Gasteiger partial charge on any atom is 0.332 e. The van der Waals surface area contributed by atoms with Crippen LogP contribution in [0.4, 0.5) is 0 Å². The van der Waals surface area contributed by atoms with E-state index in [0.717, 1.165) is 16.3 Å². The Bertz CT molecular complexity index is 792. The lowest BCUT2D eigenvalue weighted by molar-refractivity contribution is -0.151. The summed E-state index contributed by atoms with van der Waals surface area (Å²) in [5.41, 5.74) is 0.955. The van der Waals surface area contributed by atoms with Gasteiger partial charge in [-0.2, -0.15) is 0 Å². The number of amides is 1. The smallest absolute Gasteiger partial charge is 0.332 e. The van der Waals surface area contributed by atoms with E-state index in [0.29, 0.717) is 17.9 Å². The second kappa shape index (κ2) is 6.79. The molecule has 2 N–H and O–H groups in total. The predicted octanol–water partition coefficient (Wildman–Crippen LogP) is 3.30. The Morgan fingerprint density at radius 1 is 1.17 bits per heavy atom. The van der Waals surface area contributed by atoms with Gasteiger partial charge in [-0.25, -0.2) is 4.79 Å². The number of carbonyl (C=O) groups excluding carboxylic acids is 1. The van der Waals surface area contributed by atoms with Crippen molar-refractivity contribution >= 4 is 34.2 Å². The maximum absolute atomic E-state index is 12.3. The lowest BCUT2D eigenvalue weighted by Crippen LogP contribution is -2.37. The SMILES string of the molecule is CC(NC(=O)[C@@H]1CC[C@H](C(=O)O)O1)c1ccc(Cl)c2ccccc12. The Balaban J connectivity index is 1.76. The minimum Gasteiger partial charge on any atom is -0.479 e. The molecule has 1 aliphatic heterocycles. The highest BCUT2D eigenvalue weighted by atomic mass is 35.5. The molecule has 5 nitrogen and oxygen atoms in total. The molecule has 0 bridgehead atoms. The summed E-state index contributed by atoms with van der Waals surface area (Å²) < 4.78 is 5.30. The Kier molecular flexibility index (Phi) is 4.73. The first-order chi connectivity index (χ1) is 11.5. The normalized spacial score (nSPS) is 21.6. The highest BCUT2D eigenvalue weighted by Gasteiger charge is 2.35. The highest BCUT2D eigenvalue weighted by Crippen LogP contribution is 2.30. The molecule has 1 amide bonds. The Labute approximate surface area is 144 Å². The lowest BCUT2D eigenvalue weighted by Gasteiger charge is -2.19. The van der Waals surface area contributed by atoms with Crippen LogP contribution in [0.25, 0.3) is 10.8 Å². The molecular formula is C18H18ClNO4. The van der Waals surface area contributed by atoms with Crippen LogP contribution in [0.2, 0.25) is 5.02 Å². The molecule has 0 saturated carbocycles. The quantitative estimate of drug-likeness (QED) is 0.889. The zero-order valence-electron chi connectivity index (χ0n) is 13.2. The first kappa shape index (κ1) is 16.7. The van der Waals surface area contributed by atoms with Gasteiger partial charge in [0.15, 0.2) is 6.10 Å². The highest BCUT2D eigenvalue weighted by molar-refractivity contribution is 6.35. The summed E-state index contributed by atoms with van der Waals surface area (Å²) in [7, 11) is 0. The molecule has 1 aliphatic rings. The Hall–Kier alpha value is -2.11. The predicted molar refractivity (Wildman–Crippen MR) is 91.0 cm³/mol. The number of fused-ring (bicyclic) bond motifs is 1. The van der Waals surface area contributed by atoms with Crippen LogP contribution in [0.15, 0.2) is 36.4 Å². The van der Waals surface area contributed by atoms with E-state index in [4.69, 9.17) is 21.4 Å². The van der Waals surface area contributed by atoms with Gasteiger partial charge in [0.25, 0.3) is 0 Å². The number of hydrogen-bond acceptors (Lipinski definition) is 3. The molecule has 1 heterocycles. The third-order valence-electron chi connectivity index (χ3n) is 4.32. The largest absolute Gasteiger partial charge is 0.479 e. The second-order valence-corrected chi connectivity index (χ2v) is 6.35. The summed E-state index contributed by atoms with van der Waals surface area (Å²) in [6, 6.07) is 11.2. The maximum atomic E-state index is 12.3. The molecule has 24 heavy (non-hydrogen) atoms.